The molecule has 1 atom stereocenters. The Labute approximate surface area is 65.1 Å². The zero-order valence-corrected chi connectivity index (χ0v) is 6.55. The quantitative estimate of drug-likeness (QED) is 0.578. The van der Waals surface area contributed by atoms with E-state index in [2.05, 4.69) is 20.6 Å². The van der Waals surface area contributed by atoms with E-state index in [9.17, 15) is 0 Å². The second kappa shape index (κ2) is 2.08. The minimum atomic E-state index is 0.242. The van der Waals surface area contributed by atoms with Crippen molar-refractivity contribution >= 4 is 11.6 Å². The normalized spacial score (nSPS) is 20.4. The molecule has 11 heavy (non-hydrogen) atoms. The number of nitrogens with zero attached hydrogens (tertiary/aromatic N) is 2. The fraction of sp³-hybridized carbons (Fsp3) is 0.429. The van der Waals surface area contributed by atoms with E-state index < -0.39 is 0 Å². The number of aryl methyl sites for hydroxylation is 1. The number of anilines is 2. The molecule has 58 valence electrons. The number of rotatable bonds is 0. The van der Waals surface area contributed by atoms with Gasteiger partial charge in [0, 0.05) is 0 Å². The standard InChI is InChI=1S/C7H10N4/c1-4-3-8-6-7(9-4)11-5(2)10-6/h3,5H,1-2H3,(H,8,10)(H,9,11). The zero-order valence-electron chi connectivity index (χ0n) is 6.55. The lowest BCUT2D eigenvalue weighted by Gasteiger charge is -2.00. The minimum absolute atomic E-state index is 0.242. The van der Waals surface area contributed by atoms with Gasteiger partial charge in [-0.2, -0.15) is 0 Å². The highest BCUT2D eigenvalue weighted by atomic mass is 15.3. The molecule has 1 aromatic rings. The second-order valence-electron chi connectivity index (χ2n) is 2.72. The van der Waals surface area contributed by atoms with Gasteiger partial charge in [0.05, 0.1) is 18.1 Å². The maximum Gasteiger partial charge on any atom is 0.171 e. The van der Waals surface area contributed by atoms with Gasteiger partial charge in [0.1, 0.15) is 0 Å². The van der Waals surface area contributed by atoms with Crippen LogP contribution in [-0.2, 0) is 0 Å². The van der Waals surface area contributed by atoms with Crippen molar-refractivity contribution in [2.24, 2.45) is 0 Å². The lowest BCUT2D eigenvalue weighted by atomic mass is 10.5. The van der Waals surface area contributed by atoms with Crippen molar-refractivity contribution in [3.8, 4) is 0 Å². The molecule has 1 aromatic heterocycles. The van der Waals surface area contributed by atoms with Gasteiger partial charge in [-0.3, -0.25) is 0 Å². The van der Waals surface area contributed by atoms with Crippen LogP contribution in [0.25, 0.3) is 0 Å². The van der Waals surface area contributed by atoms with E-state index in [4.69, 9.17) is 0 Å². The fourth-order valence-corrected chi connectivity index (χ4v) is 1.13. The third-order valence-electron chi connectivity index (χ3n) is 1.60. The molecule has 0 aliphatic carbocycles. The van der Waals surface area contributed by atoms with Gasteiger partial charge >= 0.3 is 0 Å². The minimum Gasteiger partial charge on any atom is -0.347 e. The predicted octanol–water partition coefficient (Wildman–Crippen LogP) is 0.968. The molecule has 0 saturated carbocycles. The molecule has 4 heteroatoms. The number of fused-ring (bicyclic) bond motifs is 1. The summed E-state index contributed by atoms with van der Waals surface area (Å²) in [6.07, 6.45) is 2.00. The van der Waals surface area contributed by atoms with Crippen molar-refractivity contribution in [1.82, 2.24) is 9.97 Å². The summed E-state index contributed by atoms with van der Waals surface area (Å²) in [5.74, 6) is 1.71. The van der Waals surface area contributed by atoms with Crippen molar-refractivity contribution in [1.29, 1.82) is 0 Å². The van der Waals surface area contributed by atoms with E-state index in [0.29, 0.717) is 0 Å². The van der Waals surface area contributed by atoms with E-state index >= 15 is 0 Å². The van der Waals surface area contributed by atoms with Gasteiger partial charge in [-0.05, 0) is 13.8 Å². The molecule has 0 spiro atoms. The van der Waals surface area contributed by atoms with Gasteiger partial charge in [-0.25, -0.2) is 9.97 Å². The molecule has 2 rings (SSSR count). The molecule has 1 aliphatic heterocycles. The molecule has 0 fully saturated rings. The smallest absolute Gasteiger partial charge is 0.171 e. The average Bonchev–Trinajstić information content (AvgIpc) is 2.27. The Bertz CT molecular complexity index is 284. The summed E-state index contributed by atoms with van der Waals surface area (Å²) in [4.78, 5) is 8.44. The third kappa shape index (κ3) is 1.00. The molecule has 1 unspecified atom stereocenters. The predicted molar refractivity (Wildman–Crippen MR) is 43.5 cm³/mol. The van der Waals surface area contributed by atoms with Crippen molar-refractivity contribution in [2.75, 3.05) is 10.6 Å². The summed E-state index contributed by atoms with van der Waals surface area (Å²) in [5, 5.41) is 6.29. The highest BCUT2D eigenvalue weighted by molar-refractivity contribution is 5.65. The van der Waals surface area contributed by atoms with E-state index in [1.807, 2.05) is 13.8 Å². The first-order valence-electron chi connectivity index (χ1n) is 3.62. The summed E-state index contributed by atoms with van der Waals surface area (Å²) in [5.41, 5.74) is 0.937. The summed E-state index contributed by atoms with van der Waals surface area (Å²) in [7, 11) is 0. The third-order valence-corrected chi connectivity index (χ3v) is 1.60. The summed E-state index contributed by atoms with van der Waals surface area (Å²) in [6, 6.07) is 0. The average molecular weight is 150 g/mol. The molecular weight excluding hydrogens is 140 g/mol. The Morgan fingerprint density at radius 1 is 1.36 bits per heavy atom. The van der Waals surface area contributed by atoms with Crippen molar-refractivity contribution in [3.05, 3.63) is 11.9 Å². The molecule has 1 aliphatic rings. The lowest BCUT2D eigenvalue weighted by Crippen LogP contribution is -2.16. The van der Waals surface area contributed by atoms with Crippen LogP contribution in [0.3, 0.4) is 0 Å². The highest BCUT2D eigenvalue weighted by Gasteiger charge is 2.17. The fourth-order valence-electron chi connectivity index (χ4n) is 1.13. The van der Waals surface area contributed by atoms with Gasteiger partial charge in [-0.15, -0.1) is 0 Å². The molecule has 2 N–H and O–H groups in total. The topological polar surface area (TPSA) is 49.8 Å². The number of hydrogen-bond acceptors (Lipinski definition) is 4. The SMILES string of the molecule is Cc1cnc2c(n1)NC(C)N2. The number of aromatic nitrogens is 2. The maximum absolute atomic E-state index is 4.27. The summed E-state index contributed by atoms with van der Waals surface area (Å²) in [6.45, 7) is 3.96. The molecule has 4 nitrogen and oxygen atoms in total. The van der Waals surface area contributed by atoms with Crippen LogP contribution in [-0.4, -0.2) is 16.1 Å². The van der Waals surface area contributed by atoms with Gasteiger partial charge in [-0.1, -0.05) is 0 Å². The largest absolute Gasteiger partial charge is 0.347 e. The maximum atomic E-state index is 4.27. The van der Waals surface area contributed by atoms with Crippen LogP contribution in [0, 0.1) is 6.92 Å². The molecule has 0 bridgehead atoms. The van der Waals surface area contributed by atoms with E-state index in [1.165, 1.54) is 0 Å². The Morgan fingerprint density at radius 3 is 2.91 bits per heavy atom. The Balaban J connectivity index is 2.43. The molecule has 2 heterocycles. The van der Waals surface area contributed by atoms with Crippen LogP contribution in [0.4, 0.5) is 11.6 Å². The van der Waals surface area contributed by atoms with Crippen molar-refractivity contribution in [3.63, 3.8) is 0 Å². The first kappa shape index (κ1) is 6.39. The molecule has 0 amide bonds. The summed E-state index contributed by atoms with van der Waals surface area (Å²) < 4.78 is 0. The molecule has 0 radical (unpaired) electrons. The summed E-state index contributed by atoms with van der Waals surface area (Å²) >= 11 is 0. The van der Waals surface area contributed by atoms with Crippen molar-refractivity contribution in [2.45, 2.75) is 20.0 Å². The lowest BCUT2D eigenvalue weighted by molar-refractivity contribution is 0.947. The Morgan fingerprint density at radius 2 is 2.09 bits per heavy atom. The van der Waals surface area contributed by atoms with Crippen LogP contribution in [0.2, 0.25) is 0 Å². The van der Waals surface area contributed by atoms with Gasteiger partial charge < -0.3 is 10.6 Å². The van der Waals surface area contributed by atoms with Crippen LogP contribution < -0.4 is 10.6 Å². The molecular formula is C7H10N4. The van der Waals surface area contributed by atoms with Gasteiger partial charge in [0.2, 0.25) is 0 Å². The van der Waals surface area contributed by atoms with E-state index in [1.54, 1.807) is 6.20 Å². The molecule has 0 saturated heterocycles. The second-order valence-corrected chi connectivity index (χ2v) is 2.72. The first-order valence-corrected chi connectivity index (χ1v) is 3.62. The number of hydrogen-bond donors (Lipinski definition) is 2. The van der Waals surface area contributed by atoms with Crippen LogP contribution in [0.5, 0.6) is 0 Å². The Kier molecular flexibility index (Phi) is 1.21. The number of nitrogens with one attached hydrogen (secondary N) is 2. The Hall–Kier alpha value is -1.32. The monoisotopic (exact) mass is 150 g/mol. The first-order chi connectivity index (χ1) is 5.25. The van der Waals surface area contributed by atoms with E-state index in [-0.39, 0.29) is 6.17 Å². The van der Waals surface area contributed by atoms with Crippen LogP contribution in [0.15, 0.2) is 6.20 Å². The highest BCUT2D eigenvalue weighted by Crippen LogP contribution is 2.22. The van der Waals surface area contributed by atoms with Gasteiger partial charge in [0.15, 0.2) is 11.6 Å². The zero-order chi connectivity index (χ0) is 7.84. The van der Waals surface area contributed by atoms with E-state index in [0.717, 1.165) is 17.3 Å². The van der Waals surface area contributed by atoms with Crippen LogP contribution >= 0.6 is 0 Å². The van der Waals surface area contributed by atoms with Gasteiger partial charge in [0.25, 0.3) is 0 Å². The van der Waals surface area contributed by atoms with Crippen molar-refractivity contribution < 1.29 is 0 Å². The molecule has 0 aromatic carbocycles. The van der Waals surface area contributed by atoms with Crippen LogP contribution in [0.1, 0.15) is 12.6 Å².